The molecule has 0 aromatic heterocycles. The molecule has 4 nitrogen and oxygen atoms in total. The van der Waals surface area contributed by atoms with Crippen LogP contribution < -0.4 is 5.73 Å². The fourth-order valence-electron chi connectivity index (χ4n) is 0.924. The van der Waals surface area contributed by atoms with E-state index in [1.165, 1.54) is 0 Å². The predicted octanol–water partition coefficient (Wildman–Crippen LogP) is 2.20. The summed E-state index contributed by atoms with van der Waals surface area (Å²) in [5, 5.41) is 8.70. The van der Waals surface area contributed by atoms with Crippen LogP contribution >= 0.6 is 0 Å². The Bertz CT molecular complexity index is 236. The van der Waals surface area contributed by atoms with Crippen LogP contribution in [-0.2, 0) is 9.22 Å². The van der Waals surface area contributed by atoms with Crippen molar-refractivity contribution in [2.45, 2.75) is 57.8 Å². The van der Waals surface area contributed by atoms with Crippen LogP contribution in [0.15, 0.2) is 0 Å². The van der Waals surface area contributed by atoms with Crippen LogP contribution in [0.5, 0.6) is 0 Å². The van der Waals surface area contributed by atoms with Crippen molar-refractivity contribution < 1.29 is 14.3 Å². The number of hydrogen-bond donors (Lipinski definition) is 2. The van der Waals surface area contributed by atoms with E-state index in [-0.39, 0.29) is 17.5 Å². The minimum Gasteiger partial charge on any atom is -0.481 e. The first-order valence-electron chi connectivity index (χ1n) is 5.67. The van der Waals surface area contributed by atoms with Crippen LogP contribution in [0.2, 0.25) is 18.1 Å². The zero-order chi connectivity index (χ0) is 13.0. The van der Waals surface area contributed by atoms with Crippen LogP contribution in [-0.4, -0.2) is 32.0 Å². The average Bonchev–Trinajstić information content (AvgIpc) is 2.09. The van der Waals surface area contributed by atoms with E-state index < -0.39 is 14.3 Å². The zero-order valence-corrected chi connectivity index (χ0v) is 12.0. The van der Waals surface area contributed by atoms with Gasteiger partial charge < -0.3 is 15.3 Å². The van der Waals surface area contributed by atoms with Crippen molar-refractivity contribution in [3.63, 3.8) is 0 Å². The predicted molar refractivity (Wildman–Crippen MR) is 68.0 cm³/mol. The summed E-state index contributed by atoms with van der Waals surface area (Å²) < 4.78 is 5.91. The first-order chi connectivity index (χ1) is 7.06. The number of nitrogens with two attached hydrogens (primary N) is 1. The van der Waals surface area contributed by atoms with Crippen molar-refractivity contribution in [1.29, 1.82) is 0 Å². The van der Waals surface area contributed by atoms with Crippen molar-refractivity contribution in [1.82, 2.24) is 0 Å². The Morgan fingerprint density at radius 1 is 1.44 bits per heavy atom. The van der Waals surface area contributed by atoms with E-state index in [2.05, 4.69) is 33.9 Å². The molecule has 0 aromatic carbocycles. The zero-order valence-electron chi connectivity index (χ0n) is 11.0. The third kappa shape index (κ3) is 5.63. The first kappa shape index (κ1) is 15.6. The van der Waals surface area contributed by atoms with Crippen LogP contribution in [0.1, 0.15) is 33.6 Å². The van der Waals surface area contributed by atoms with Gasteiger partial charge >= 0.3 is 5.97 Å². The summed E-state index contributed by atoms with van der Waals surface area (Å²) in [6.45, 7) is 11.3. The molecule has 1 atom stereocenters. The molecular weight excluding hydrogens is 222 g/mol. The van der Waals surface area contributed by atoms with E-state index >= 15 is 0 Å². The fraction of sp³-hybridized carbons (Fsp3) is 0.909. The van der Waals surface area contributed by atoms with E-state index in [0.717, 1.165) is 0 Å². The molecule has 0 saturated carbocycles. The SMILES string of the molecule is CC(C)(C)[Si](C)(C)OC[C@@H](N)CCC(=O)O. The Hall–Kier alpha value is -0.393. The molecule has 0 aliphatic rings. The minimum atomic E-state index is -1.75. The molecular formula is C11H25NO3Si. The quantitative estimate of drug-likeness (QED) is 0.706. The summed E-state index contributed by atoms with van der Waals surface area (Å²) in [5.41, 5.74) is 5.81. The second kappa shape index (κ2) is 5.79. The van der Waals surface area contributed by atoms with Gasteiger partial charge in [-0.2, -0.15) is 0 Å². The minimum absolute atomic E-state index is 0.113. The molecule has 0 amide bonds. The smallest absolute Gasteiger partial charge is 0.303 e. The highest BCUT2D eigenvalue weighted by molar-refractivity contribution is 6.74. The van der Waals surface area contributed by atoms with Gasteiger partial charge in [0.1, 0.15) is 0 Å². The molecule has 0 bridgehead atoms. The number of rotatable bonds is 6. The van der Waals surface area contributed by atoms with E-state index in [1.807, 2.05) is 0 Å². The maximum atomic E-state index is 10.4. The molecule has 0 aliphatic heterocycles. The van der Waals surface area contributed by atoms with Gasteiger partial charge in [-0.3, -0.25) is 4.79 Å². The molecule has 0 unspecified atom stereocenters. The van der Waals surface area contributed by atoms with Crippen molar-refractivity contribution in [2.24, 2.45) is 5.73 Å². The Morgan fingerprint density at radius 2 is 1.94 bits per heavy atom. The molecule has 0 radical (unpaired) electrons. The Labute approximate surface area is 99.3 Å². The van der Waals surface area contributed by atoms with Crippen LogP contribution in [0.25, 0.3) is 0 Å². The van der Waals surface area contributed by atoms with Crippen LogP contribution in [0.3, 0.4) is 0 Å². The molecule has 0 aromatic rings. The van der Waals surface area contributed by atoms with E-state index in [0.29, 0.717) is 13.0 Å². The first-order valence-corrected chi connectivity index (χ1v) is 8.58. The van der Waals surface area contributed by atoms with Crippen molar-refractivity contribution >= 4 is 14.3 Å². The van der Waals surface area contributed by atoms with Crippen molar-refractivity contribution in [3.8, 4) is 0 Å². The monoisotopic (exact) mass is 247 g/mol. The number of carboxylic acid groups (broad SMARTS) is 1. The van der Waals surface area contributed by atoms with Gasteiger partial charge in [-0.05, 0) is 24.6 Å². The summed E-state index contributed by atoms with van der Waals surface area (Å²) in [5.74, 6) is -0.803. The molecule has 16 heavy (non-hydrogen) atoms. The van der Waals surface area contributed by atoms with Gasteiger partial charge in [-0.15, -0.1) is 0 Å². The van der Waals surface area contributed by atoms with Crippen LogP contribution in [0, 0.1) is 0 Å². The van der Waals surface area contributed by atoms with E-state index in [9.17, 15) is 4.79 Å². The van der Waals surface area contributed by atoms with Crippen molar-refractivity contribution in [2.75, 3.05) is 6.61 Å². The summed E-state index contributed by atoms with van der Waals surface area (Å²) >= 11 is 0. The Morgan fingerprint density at radius 3 is 2.31 bits per heavy atom. The van der Waals surface area contributed by atoms with Crippen LogP contribution in [0.4, 0.5) is 0 Å². The normalized spacial score (nSPS) is 14.9. The number of carbonyl (C=O) groups is 1. The average molecular weight is 247 g/mol. The topological polar surface area (TPSA) is 72.5 Å². The standard InChI is InChI=1S/C11H25NO3Si/c1-11(2,3)16(4,5)15-8-9(12)6-7-10(13)14/h9H,6-8,12H2,1-5H3,(H,13,14)/t9-/m0/s1. The largest absolute Gasteiger partial charge is 0.481 e. The molecule has 0 spiro atoms. The Kier molecular flexibility index (Phi) is 5.65. The molecule has 96 valence electrons. The Balaban J connectivity index is 4.00. The lowest BCUT2D eigenvalue weighted by atomic mass is 10.2. The lowest BCUT2D eigenvalue weighted by Crippen LogP contribution is -2.44. The molecule has 0 fully saturated rings. The summed E-state index contributed by atoms with van der Waals surface area (Å²) in [6.07, 6.45) is 0.589. The number of carboxylic acids is 1. The molecule has 3 N–H and O–H groups in total. The van der Waals surface area contributed by atoms with Gasteiger partial charge in [0.15, 0.2) is 8.32 Å². The van der Waals surface area contributed by atoms with Gasteiger partial charge in [-0.25, -0.2) is 0 Å². The summed E-state index contributed by atoms with van der Waals surface area (Å²) in [7, 11) is -1.75. The summed E-state index contributed by atoms with van der Waals surface area (Å²) in [4.78, 5) is 10.4. The van der Waals surface area contributed by atoms with E-state index in [1.54, 1.807) is 0 Å². The molecule has 0 heterocycles. The van der Waals surface area contributed by atoms with E-state index in [4.69, 9.17) is 15.3 Å². The lowest BCUT2D eigenvalue weighted by molar-refractivity contribution is -0.137. The highest BCUT2D eigenvalue weighted by Crippen LogP contribution is 2.36. The molecule has 5 heteroatoms. The second-order valence-corrected chi connectivity index (χ2v) is 10.6. The van der Waals surface area contributed by atoms with Gasteiger partial charge in [0, 0.05) is 19.1 Å². The lowest BCUT2D eigenvalue weighted by Gasteiger charge is -2.36. The van der Waals surface area contributed by atoms with Gasteiger partial charge in [0.2, 0.25) is 0 Å². The molecule has 0 saturated heterocycles. The highest BCUT2D eigenvalue weighted by Gasteiger charge is 2.37. The summed E-state index contributed by atoms with van der Waals surface area (Å²) in [6, 6.07) is -0.176. The van der Waals surface area contributed by atoms with Gasteiger partial charge in [0.25, 0.3) is 0 Å². The maximum absolute atomic E-state index is 10.4. The maximum Gasteiger partial charge on any atom is 0.303 e. The highest BCUT2D eigenvalue weighted by atomic mass is 28.4. The van der Waals surface area contributed by atoms with Gasteiger partial charge in [-0.1, -0.05) is 20.8 Å². The fourth-order valence-corrected chi connectivity index (χ4v) is 1.99. The third-order valence-electron chi connectivity index (χ3n) is 3.19. The molecule has 0 aliphatic carbocycles. The third-order valence-corrected chi connectivity index (χ3v) is 7.69. The second-order valence-electron chi connectivity index (χ2n) is 5.76. The molecule has 0 rings (SSSR count). The van der Waals surface area contributed by atoms with Crippen molar-refractivity contribution in [3.05, 3.63) is 0 Å². The number of hydrogen-bond acceptors (Lipinski definition) is 3. The number of aliphatic carboxylic acids is 1. The van der Waals surface area contributed by atoms with Gasteiger partial charge in [0.05, 0.1) is 0 Å².